The van der Waals surface area contributed by atoms with E-state index in [0.29, 0.717) is 15.0 Å². The minimum absolute atomic E-state index is 0. The molecular formula is C23H28FeSSe+2. The molecule has 2 aliphatic carbocycles. The van der Waals surface area contributed by atoms with Crippen LogP contribution in [0.5, 0.6) is 0 Å². The van der Waals surface area contributed by atoms with Crippen molar-refractivity contribution in [2.75, 3.05) is 0 Å². The first-order valence-corrected chi connectivity index (χ1v) is 11.6. The summed E-state index contributed by atoms with van der Waals surface area (Å²) in [6, 6.07) is 10.9. The van der Waals surface area contributed by atoms with Gasteiger partial charge < -0.3 is 0 Å². The molecule has 2 aliphatic rings. The third-order valence-corrected chi connectivity index (χ3v) is 7.55. The van der Waals surface area contributed by atoms with Gasteiger partial charge in [0.05, 0.1) is 0 Å². The van der Waals surface area contributed by atoms with Gasteiger partial charge in [-0.2, -0.15) is 0 Å². The second-order valence-corrected chi connectivity index (χ2v) is 10.4. The second kappa shape index (κ2) is 14.6. The third-order valence-electron chi connectivity index (χ3n) is 3.76. The molecule has 0 aromatic heterocycles. The van der Waals surface area contributed by atoms with Gasteiger partial charge in [0, 0.05) is 0 Å². The Balaban J connectivity index is 0.000000486. The normalized spacial score (nSPS) is 19.1. The van der Waals surface area contributed by atoms with E-state index in [1.54, 1.807) is 10.7 Å². The summed E-state index contributed by atoms with van der Waals surface area (Å²) in [5.41, 5.74) is 0. The van der Waals surface area contributed by atoms with Crippen molar-refractivity contribution >= 4 is 31.2 Å². The molecule has 0 N–H and O–H groups in total. The number of hydrogen-bond donors (Lipinski definition) is 0. The van der Waals surface area contributed by atoms with Gasteiger partial charge in [0.25, 0.3) is 0 Å². The molecule has 26 heavy (non-hydrogen) atoms. The van der Waals surface area contributed by atoms with E-state index in [4.69, 9.17) is 0 Å². The Morgan fingerprint density at radius 3 is 2.04 bits per heavy atom. The Morgan fingerprint density at radius 2 is 1.50 bits per heavy atom. The molecule has 0 saturated heterocycles. The van der Waals surface area contributed by atoms with Crippen LogP contribution >= 0.6 is 11.8 Å². The van der Waals surface area contributed by atoms with Gasteiger partial charge in [0.2, 0.25) is 0 Å². The van der Waals surface area contributed by atoms with Gasteiger partial charge in [-0.05, 0) is 32.1 Å². The smallest absolute Gasteiger partial charge is 0.0312 e. The van der Waals surface area contributed by atoms with Gasteiger partial charge in [0.15, 0.2) is 0 Å². The minimum atomic E-state index is 0. The quantitative estimate of drug-likeness (QED) is 0.500. The zero-order chi connectivity index (χ0) is 17.9. The first-order valence-electron chi connectivity index (χ1n) is 8.98. The number of benzene rings is 1. The van der Waals surface area contributed by atoms with E-state index in [1.807, 2.05) is 32.1 Å². The molecule has 1 aromatic rings. The molecule has 3 rings (SSSR count). The Morgan fingerprint density at radius 1 is 0.885 bits per heavy atom. The van der Waals surface area contributed by atoms with Gasteiger partial charge in [-0.15, -0.1) is 0 Å². The van der Waals surface area contributed by atoms with Crippen LogP contribution in [0.3, 0.4) is 0 Å². The average Bonchev–Trinajstić information content (AvgIpc) is 3.30. The summed E-state index contributed by atoms with van der Waals surface area (Å²) < 4.78 is 1.47. The Hall–Kier alpha value is 0.609. The Kier molecular flexibility index (Phi) is 13.8. The maximum atomic E-state index is 2.32. The van der Waals surface area contributed by atoms with Crippen LogP contribution < -0.4 is 4.46 Å². The number of rotatable bonds is 7. The molecule has 2 fully saturated rings. The number of hydrogen-bond acceptors (Lipinski definition) is 1. The second-order valence-electron chi connectivity index (χ2n) is 6.21. The molecule has 1 aromatic carbocycles. The topological polar surface area (TPSA) is 0 Å². The van der Waals surface area contributed by atoms with E-state index in [0.717, 1.165) is 10.5 Å². The molecule has 0 amide bonds. The fraction of sp³-hybridized carbons (Fsp3) is 0.304. The standard InChI is InChI=1S/C18H23SSe.C5H5.Fe/c1-4-16(19-14(2)3)13-15-9-8-12-18(15)20-17-10-6-5-7-11-17;1-2-4-5-3-1;/h5-12,14,16H,4,13H2,1-3H3;1-5H;/q;;+2/t16-;;/m1../s1. The first kappa shape index (κ1) is 24.6. The fourth-order valence-corrected chi connectivity index (χ4v) is 5.85. The first-order chi connectivity index (χ1) is 12.2. The van der Waals surface area contributed by atoms with E-state index in [2.05, 4.69) is 82.1 Å². The van der Waals surface area contributed by atoms with Crippen LogP contribution in [0.15, 0.2) is 30.3 Å². The van der Waals surface area contributed by atoms with Gasteiger partial charge >= 0.3 is 153 Å². The molecule has 0 spiro atoms. The summed E-state index contributed by atoms with van der Waals surface area (Å²) in [5.74, 6) is 1.56. The van der Waals surface area contributed by atoms with Crippen LogP contribution in [0.25, 0.3) is 0 Å². The van der Waals surface area contributed by atoms with Gasteiger partial charge in [-0.3, -0.25) is 0 Å². The van der Waals surface area contributed by atoms with Crippen LogP contribution in [-0.2, 0) is 17.1 Å². The molecule has 0 aliphatic heterocycles. The zero-order valence-corrected chi connectivity index (χ0v) is 19.4. The summed E-state index contributed by atoms with van der Waals surface area (Å²) in [6.07, 6.45) is 19.3. The van der Waals surface area contributed by atoms with Crippen molar-refractivity contribution in [3.8, 4) is 0 Å². The van der Waals surface area contributed by atoms with Gasteiger partial charge in [0.1, 0.15) is 0 Å². The Labute approximate surface area is 184 Å². The zero-order valence-electron chi connectivity index (χ0n) is 15.7. The summed E-state index contributed by atoms with van der Waals surface area (Å²) in [7, 11) is 0. The van der Waals surface area contributed by atoms with Crippen LogP contribution in [0.1, 0.15) is 33.6 Å². The molecule has 3 heteroatoms. The van der Waals surface area contributed by atoms with E-state index in [1.165, 1.54) is 17.3 Å². The molecule has 0 nitrogen and oxygen atoms in total. The SMILES string of the molecule is CC[C@H](C[C]1[CH][CH][CH][C]1[Se]c1ccccc1)SC(C)C.[CH]1[CH][CH][CH][CH]1.[Fe+2]. The third kappa shape index (κ3) is 9.70. The average molecular weight is 471 g/mol. The van der Waals surface area contributed by atoms with Crippen molar-refractivity contribution in [2.24, 2.45) is 0 Å². The van der Waals surface area contributed by atoms with Crippen LogP contribution in [-0.4, -0.2) is 25.5 Å². The molecule has 10 radical (unpaired) electrons. The summed E-state index contributed by atoms with van der Waals surface area (Å²) in [4.78, 5) is 1.56. The van der Waals surface area contributed by atoms with E-state index >= 15 is 0 Å². The van der Waals surface area contributed by atoms with E-state index in [-0.39, 0.29) is 17.1 Å². The predicted molar refractivity (Wildman–Crippen MR) is 114 cm³/mol. The number of thioether (sulfide) groups is 1. The largest absolute Gasteiger partial charge is 2.00 e. The van der Waals surface area contributed by atoms with Gasteiger partial charge in [-0.1, -0.05) is 0 Å². The van der Waals surface area contributed by atoms with Crippen molar-refractivity contribution < 1.29 is 17.1 Å². The van der Waals surface area contributed by atoms with Crippen LogP contribution in [0.4, 0.5) is 0 Å². The predicted octanol–water partition coefficient (Wildman–Crippen LogP) is 5.08. The van der Waals surface area contributed by atoms with Crippen molar-refractivity contribution in [3.63, 3.8) is 0 Å². The minimum Gasteiger partial charge on any atom is -0.0312 e. The maximum Gasteiger partial charge on any atom is 2.00 e. The van der Waals surface area contributed by atoms with E-state index in [9.17, 15) is 0 Å². The molecule has 0 unspecified atom stereocenters. The van der Waals surface area contributed by atoms with E-state index < -0.39 is 0 Å². The monoisotopic (exact) mass is 472 g/mol. The summed E-state index contributed by atoms with van der Waals surface area (Å²) in [5, 5.41) is 1.47. The van der Waals surface area contributed by atoms with Crippen LogP contribution in [0.2, 0.25) is 0 Å². The summed E-state index contributed by atoms with van der Waals surface area (Å²) in [6.45, 7) is 6.91. The summed E-state index contributed by atoms with van der Waals surface area (Å²) >= 11 is 2.57. The van der Waals surface area contributed by atoms with Crippen molar-refractivity contribution in [2.45, 2.75) is 44.1 Å². The fourth-order valence-electron chi connectivity index (χ4n) is 2.56. The molecule has 2 saturated carbocycles. The maximum absolute atomic E-state index is 2.32. The van der Waals surface area contributed by atoms with Gasteiger partial charge in [-0.25, -0.2) is 0 Å². The Bertz CT molecular complexity index is 439. The molecule has 1 atom stereocenters. The molecule has 138 valence electrons. The molecule has 0 bridgehead atoms. The molecular weight excluding hydrogens is 443 g/mol. The molecule has 0 heterocycles. The van der Waals surface area contributed by atoms with Crippen molar-refractivity contribution in [3.05, 3.63) is 92.4 Å². The van der Waals surface area contributed by atoms with Crippen LogP contribution in [0, 0.1) is 62.1 Å². The van der Waals surface area contributed by atoms with Crippen molar-refractivity contribution in [1.82, 2.24) is 0 Å². The van der Waals surface area contributed by atoms with Crippen molar-refractivity contribution in [1.29, 1.82) is 0 Å².